The van der Waals surface area contributed by atoms with Crippen molar-refractivity contribution in [1.29, 1.82) is 0 Å². The van der Waals surface area contributed by atoms with Crippen LogP contribution in [0.3, 0.4) is 0 Å². The second-order valence-electron chi connectivity index (χ2n) is 8.39. The van der Waals surface area contributed by atoms with Crippen LogP contribution in [0.25, 0.3) is 20.8 Å². The van der Waals surface area contributed by atoms with Crippen LogP contribution in [-0.2, 0) is 6.54 Å². The molecular weight excluding hydrogens is 437 g/mol. The zero-order valence-corrected chi connectivity index (χ0v) is 19.8. The van der Waals surface area contributed by atoms with Gasteiger partial charge in [-0.25, -0.2) is 14.4 Å². The van der Waals surface area contributed by atoms with Crippen LogP contribution in [0.15, 0.2) is 48.5 Å². The fourth-order valence-electron chi connectivity index (χ4n) is 3.75. The molecule has 4 rings (SSSR count). The van der Waals surface area contributed by atoms with Crippen LogP contribution >= 0.6 is 11.3 Å². The first-order valence-corrected chi connectivity index (χ1v) is 11.8. The Morgan fingerprint density at radius 1 is 1.03 bits per heavy atom. The second-order valence-corrected chi connectivity index (χ2v) is 9.42. The highest BCUT2D eigenvalue weighted by Gasteiger charge is 2.19. The van der Waals surface area contributed by atoms with Crippen LogP contribution in [0, 0.1) is 18.7 Å². The molecule has 4 aromatic rings. The number of halogens is 1. The molecule has 0 aliphatic carbocycles. The van der Waals surface area contributed by atoms with Crippen molar-refractivity contribution in [3.8, 4) is 10.6 Å². The molecule has 6 nitrogen and oxygen atoms in total. The first kappa shape index (κ1) is 23.1. The van der Waals surface area contributed by atoms with E-state index in [1.165, 1.54) is 12.1 Å². The predicted molar refractivity (Wildman–Crippen MR) is 133 cm³/mol. The molecule has 0 bridgehead atoms. The van der Waals surface area contributed by atoms with Crippen molar-refractivity contribution in [2.24, 2.45) is 5.92 Å². The first-order valence-electron chi connectivity index (χ1n) is 11.0. The summed E-state index contributed by atoms with van der Waals surface area (Å²) < 4.78 is 14.3. The maximum atomic E-state index is 13.2. The van der Waals surface area contributed by atoms with Gasteiger partial charge in [-0.2, -0.15) is 4.98 Å². The molecule has 0 amide bonds. The van der Waals surface area contributed by atoms with Crippen molar-refractivity contribution in [2.45, 2.75) is 39.8 Å². The van der Waals surface area contributed by atoms with Crippen molar-refractivity contribution in [3.05, 3.63) is 65.6 Å². The highest BCUT2D eigenvalue weighted by Crippen LogP contribution is 2.36. The van der Waals surface area contributed by atoms with Crippen LogP contribution in [-0.4, -0.2) is 32.7 Å². The first-order chi connectivity index (χ1) is 15.9. The number of aliphatic hydroxyl groups excluding tert-OH is 1. The van der Waals surface area contributed by atoms with Gasteiger partial charge in [0.05, 0.1) is 21.5 Å². The third-order valence-corrected chi connectivity index (χ3v) is 6.47. The highest BCUT2D eigenvalue weighted by molar-refractivity contribution is 7.21. The van der Waals surface area contributed by atoms with Crippen LogP contribution in [0.2, 0.25) is 0 Å². The summed E-state index contributed by atoms with van der Waals surface area (Å²) in [5.41, 5.74) is 3.58. The van der Waals surface area contributed by atoms with E-state index in [0.29, 0.717) is 18.3 Å². The summed E-state index contributed by atoms with van der Waals surface area (Å²) in [6.07, 6.45) is 0.803. The van der Waals surface area contributed by atoms with Gasteiger partial charge in [0.15, 0.2) is 0 Å². The number of hydrogen-bond acceptors (Lipinski definition) is 7. The average molecular weight is 466 g/mol. The lowest BCUT2D eigenvalue weighted by atomic mass is 10.0. The Morgan fingerprint density at radius 2 is 1.79 bits per heavy atom. The van der Waals surface area contributed by atoms with Crippen molar-refractivity contribution < 1.29 is 9.50 Å². The molecule has 0 spiro atoms. The molecular formula is C25H28FN5OS. The number of nitrogens with zero attached hydrogens (tertiary/aromatic N) is 3. The number of rotatable bonds is 9. The number of anilines is 2. The molecule has 0 saturated carbocycles. The maximum absolute atomic E-state index is 13.2. The Morgan fingerprint density at radius 3 is 2.52 bits per heavy atom. The number of thiazole rings is 1. The van der Waals surface area contributed by atoms with Crippen LogP contribution in [0.1, 0.15) is 31.5 Å². The Hall–Kier alpha value is -3.10. The Bertz CT molecular complexity index is 1190. The molecule has 2 atom stereocenters. The largest absolute Gasteiger partial charge is 0.396 e. The monoisotopic (exact) mass is 465 g/mol. The molecule has 8 heteroatoms. The quantitative estimate of drug-likeness (QED) is 0.297. The van der Waals surface area contributed by atoms with E-state index in [2.05, 4.69) is 28.6 Å². The number of hydrogen-bond donors (Lipinski definition) is 3. The third-order valence-electron chi connectivity index (χ3n) is 5.41. The molecule has 2 heterocycles. The van der Waals surface area contributed by atoms with Gasteiger partial charge in [-0.05, 0) is 56.0 Å². The summed E-state index contributed by atoms with van der Waals surface area (Å²) in [6.45, 7) is 6.68. The molecule has 0 saturated heterocycles. The number of para-hydroxylation sites is 1. The summed E-state index contributed by atoms with van der Waals surface area (Å²) in [5, 5.41) is 17.1. The van der Waals surface area contributed by atoms with Gasteiger partial charge in [0.1, 0.15) is 16.6 Å². The van der Waals surface area contributed by atoms with E-state index in [4.69, 9.17) is 9.97 Å². The summed E-state index contributed by atoms with van der Waals surface area (Å²) in [5.74, 6) is 1.12. The van der Waals surface area contributed by atoms with E-state index in [1.807, 2.05) is 32.0 Å². The number of fused-ring (bicyclic) bond motifs is 1. The second kappa shape index (κ2) is 10.2. The number of benzene rings is 2. The number of aryl methyl sites for hydroxylation is 1. The molecule has 3 N–H and O–H groups in total. The summed E-state index contributed by atoms with van der Waals surface area (Å²) in [7, 11) is 0. The zero-order valence-electron chi connectivity index (χ0n) is 19.0. The molecule has 33 heavy (non-hydrogen) atoms. The minimum atomic E-state index is -0.261. The van der Waals surface area contributed by atoms with Crippen LogP contribution < -0.4 is 10.6 Å². The summed E-state index contributed by atoms with van der Waals surface area (Å²) in [4.78, 5) is 14.3. The normalized spacial score (nSPS) is 13.1. The van der Waals surface area contributed by atoms with Crippen molar-refractivity contribution in [2.75, 3.05) is 17.2 Å². The minimum absolute atomic E-state index is 0.0968. The number of nitrogens with one attached hydrogen (secondary N) is 2. The van der Waals surface area contributed by atoms with E-state index in [1.54, 1.807) is 23.5 Å². The SMILES string of the molecule is Cc1nc(NCc2ccc(F)cc2)nc(N[C@@H](C)CC(C)CO)c1-c1nc2ccccc2s1. The molecule has 0 aliphatic rings. The fourth-order valence-corrected chi connectivity index (χ4v) is 4.81. The van der Waals surface area contributed by atoms with Gasteiger partial charge < -0.3 is 15.7 Å². The minimum Gasteiger partial charge on any atom is -0.396 e. The molecule has 0 radical (unpaired) electrons. The molecule has 2 aromatic heterocycles. The van der Waals surface area contributed by atoms with E-state index >= 15 is 0 Å². The number of aromatic nitrogens is 3. The van der Waals surface area contributed by atoms with Crippen LogP contribution in [0.4, 0.5) is 16.2 Å². The molecule has 0 aliphatic heterocycles. The number of aliphatic hydroxyl groups is 1. The van der Waals surface area contributed by atoms with Crippen molar-refractivity contribution in [3.63, 3.8) is 0 Å². The summed E-state index contributed by atoms with van der Waals surface area (Å²) in [6, 6.07) is 14.5. The Labute approximate surface area is 197 Å². The predicted octanol–water partition coefficient (Wildman–Crippen LogP) is 5.63. The van der Waals surface area contributed by atoms with E-state index in [9.17, 15) is 9.50 Å². The fraction of sp³-hybridized carbons (Fsp3) is 0.320. The molecule has 2 aromatic carbocycles. The Balaban J connectivity index is 1.67. The third kappa shape index (κ3) is 5.64. The molecule has 172 valence electrons. The van der Waals surface area contributed by atoms with Gasteiger partial charge >= 0.3 is 0 Å². The maximum Gasteiger partial charge on any atom is 0.225 e. The van der Waals surface area contributed by atoms with Gasteiger partial charge in [-0.1, -0.05) is 31.2 Å². The van der Waals surface area contributed by atoms with Gasteiger partial charge in [0.2, 0.25) is 5.95 Å². The average Bonchev–Trinajstić information content (AvgIpc) is 3.22. The van der Waals surface area contributed by atoms with E-state index in [0.717, 1.165) is 38.5 Å². The van der Waals surface area contributed by atoms with Crippen molar-refractivity contribution >= 4 is 33.3 Å². The lowest BCUT2D eigenvalue weighted by Gasteiger charge is -2.20. The lowest BCUT2D eigenvalue weighted by Crippen LogP contribution is -2.22. The Kier molecular flexibility index (Phi) is 7.15. The van der Waals surface area contributed by atoms with Gasteiger partial charge in [-0.3, -0.25) is 0 Å². The van der Waals surface area contributed by atoms with Gasteiger partial charge in [-0.15, -0.1) is 11.3 Å². The highest BCUT2D eigenvalue weighted by atomic mass is 32.1. The van der Waals surface area contributed by atoms with Gasteiger partial charge in [0.25, 0.3) is 0 Å². The zero-order chi connectivity index (χ0) is 23.4. The topological polar surface area (TPSA) is 83.0 Å². The molecule has 1 unspecified atom stereocenters. The lowest BCUT2D eigenvalue weighted by molar-refractivity contribution is 0.226. The van der Waals surface area contributed by atoms with E-state index < -0.39 is 0 Å². The standard InChI is InChI=1S/C25H28FN5OS/c1-15(14-32)12-16(2)28-23-22(24-30-20-6-4-5-7-21(20)33-24)17(3)29-25(31-23)27-13-18-8-10-19(26)11-9-18/h4-11,15-16,32H,12-14H2,1-3H3,(H2,27,28,29,31)/t15?,16-/m0/s1. The van der Waals surface area contributed by atoms with E-state index in [-0.39, 0.29) is 24.4 Å². The van der Waals surface area contributed by atoms with Crippen LogP contribution in [0.5, 0.6) is 0 Å². The summed E-state index contributed by atoms with van der Waals surface area (Å²) >= 11 is 1.61. The van der Waals surface area contributed by atoms with Crippen molar-refractivity contribution in [1.82, 2.24) is 15.0 Å². The van der Waals surface area contributed by atoms with Gasteiger partial charge in [0, 0.05) is 19.2 Å². The smallest absolute Gasteiger partial charge is 0.225 e. The molecule has 0 fully saturated rings.